The highest BCUT2D eigenvalue weighted by molar-refractivity contribution is 5.84. The molecule has 1 spiro atoms. The lowest BCUT2D eigenvalue weighted by atomic mass is 9.71. The lowest BCUT2D eigenvalue weighted by Gasteiger charge is -2.46. The monoisotopic (exact) mass is 295 g/mol. The van der Waals surface area contributed by atoms with E-state index in [0.717, 1.165) is 31.7 Å². The molecule has 2 fully saturated rings. The first kappa shape index (κ1) is 14.4. The molecule has 2 aliphatic rings. The molecule has 2 aliphatic heterocycles. The van der Waals surface area contributed by atoms with Gasteiger partial charge in [0.2, 0.25) is 5.91 Å². The van der Waals surface area contributed by atoms with Crippen LogP contribution in [-0.4, -0.2) is 31.1 Å². The van der Waals surface area contributed by atoms with Crippen LogP contribution in [0, 0.1) is 17.0 Å². The molecule has 0 bridgehead atoms. The summed E-state index contributed by atoms with van der Waals surface area (Å²) >= 11 is 0. The molecule has 1 aromatic rings. The van der Waals surface area contributed by atoms with E-state index in [9.17, 15) is 13.6 Å². The average molecular weight is 295 g/mol. The van der Waals surface area contributed by atoms with Crippen LogP contribution in [0.4, 0.5) is 8.78 Å². The Labute approximate surface area is 122 Å². The number of halogens is 2. The second-order valence-corrected chi connectivity index (χ2v) is 6.07. The Morgan fingerprint density at radius 2 is 1.76 bits per heavy atom. The van der Waals surface area contributed by atoms with Gasteiger partial charge in [-0.15, -0.1) is 0 Å². The van der Waals surface area contributed by atoms with Crippen LogP contribution in [0.15, 0.2) is 18.2 Å². The maximum Gasteiger partial charge on any atom is 0.229 e. The van der Waals surface area contributed by atoms with Crippen molar-refractivity contribution < 1.29 is 18.3 Å². The summed E-state index contributed by atoms with van der Waals surface area (Å²) in [6.07, 6.45) is 2.95. The Balaban J connectivity index is 1.85. The van der Waals surface area contributed by atoms with Gasteiger partial charge in [0.1, 0.15) is 11.6 Å². The zero-order chi connectivity index (χ0) is 15.0. The third-order valence-electron chi connectivity index (χ3n) is 4.86. The number of benzene rings is 1. The molecule has 0 aliphatic carbocycles. The van der Waals surface area contributed by atoms with E-state index in [1.165, 1.54) is 12.1 Å². The predicted molar refractivity (Wildman–Crippen MR) is 73.6 cm³/mol. The van der Waals surface area contributed by atoms with Crippen LogP contribution in [0.3, 0.4) is 0 Å². The summed E-state index contributed by atoms with van der Waals surface area (Å²) in [5.41, 5.74) is 0.195. The lowest BCUT2D eigenvalue weighted by Crippen LogP contribution is -2.50. The zero-order valence-corrected chi connectivity index (χ0v) is 12.1. The zero-order valence-electron chi connectivity index (χ0n) is 12.1. The van der Waals surface area contributed by atoms with E-state index < -0.39 is 11.6 Å². The molecule has 1 aromatic carbocycles. The number of carbonyl (C=O) groups is 1. The van der Waals surface area contributed by atoms with Gasteiger partial charge in [-0.25, -0.2) is 8.78 Å². The SMILES string of the molecule is CN1C(=O)C2(CCOCC2)CC[C@H]1c1cc(F)cc(F)c1. The first-order valence-electron chi connectivity index (χ1n) is 7.33. The second kappa shape index (κ2) is 5.37. The van der Waals surface area contributed by atoms with Crippen LogP contribution in [0.2, 0.25) is 0 Å². The third-order valence-corrected chi connectivity index (χ3v) is 4.86. The Kier molecular flexibility index (Phi) is 3.69. The molecule has 3 nitrogen and oxygen atoms in total. The molecule has 5 heteroatoms. The quantitative estimate of drug-likeness (QED) is 0.797. The number of piperidine rings is 1. The minimum atomic E-state index is -0.600. The Morgan fingerprint density at radius 3 is 2.38 bits per heavy atom. The minimum absolute atomic E-state index is 0.0757. The maximum atomic E-state index is 13.4. The lowest BCUT2D eigenvalue weighted by molar-refractivity contribution is -0.155. The van der Waals surface area contributed by atoms with E-state index in [1.807, 2.05) is 0 Å². The fourth-order valence-corrected chi connectivity index (χ4v) is 3.61. The first-order valence-corrected chi connectivity index (χ1v) is 7.33. The van der Waals surface area contributed by atoms with Gasteiger partial charge < -0.3 is 9.64 Å². The smallest absolute Gasteiger partial charge is 0.229 e. The van der Waals surface area contributed by atoms with Crippen molar-refractivity contribution >= 4 is 5.91 Å². The van der Waals surface area contributed by atoms with Crippen LogP contribution in [0.5, 0.6) is 0 Å². The molecule has 3 rings (SSSR count). The van der Waals surface area contributed by atoms with Crippen molar-refractivity contribution in [3.05, 3.63) is 35.4 Å². The van der Waals surface area contributed by atoms with Gasteiger partial charge in [0.25, 0.3) is 0 Å². The van der Waals surface area contributed by atoms with Gasteiger partial charge in [-0.2, -0.15) is 0 Å². The number of amides is 1. The van der Waals surface area contributed by atoms with E-state index in [2.05, 4.69) is 0 Å². The molecule has 0 unspecified atom stereocenters. The van der Waals surface area contributed by atoms with Crippen molar-refractivity contribution in [2.75, 3.05) is 20.3 Å². The normalized spacial score (nSPS) is 25.4. The predicted octanol–water partition coefficient (Wildman–Crippen LogP) is 3.05. The number of hydrogen-bond acceptors (Lipinski definition) is 2. The van der Waals surface area contributed by atoms with Gasteiger partial charge in [-0.3, -0.25) is 4.79 Å². The molecule has 114 valence electrons. The first-order chi connectivity index (χ1) is 10.0. The van der Waals surface area contributed by atoms with Crippen LogP contribution in [0.25, 0.3) is 0 Å². The van der Waals surface area contributed by atoms with Gasteiger partial charge >= 0.3 is 0 Å². The summed E-state index contributed by atoms with van der Waals surface area (Å²) in [6.45, 7) is 1.22. The van der Waals surface area contributed by atoms with E-state index in [1.54, 1.807) is 11.9 Å². The van der Waals surface area contributed by atoms with Crippen LogP contribution >= 0.6 is 0 Å². The van der Waals surface area contributed by atoms with Gasteiger partial charge in [0.05, 0.1) is 11.5 Å². The Hall–Kier alpha value is -1.49. The number of likely N-dealkylation sites (tertiary alicyclic amines) is 1. The fraction of sp³-hybridized carbons (Fsp3) is 0.562. The number of rotatable bonds is 1. The fourth-order valence-electron chi connectivity index (χ4n) is 3.61. The average Bonchev–Trinajstić information content (AvgIpc) is 2.45. The molecule has 1 atom stereocenters. The van der Waals surface area contributed by atoms with E-state index >= 15 is 0 Å². The van der Waals surface area contributed by atoms with Crippen LogP contribution in [0.1, 0.15) is 37.3 Å². The summed E-state index contributed by atoms with van der Waals surface area (Å²) in [5, 5.41) is 0. The summed E-state index contributed by atoms with van der Waals surface area (Å²) in [5.74, 6) is -1.12. The summed E-state index contributed by atoms with van der Waals surface area (Å²) in [6, 6.07) is 3.24. The molecule has 1 amide bonds. The van der Waals surface area contributed by atoms with Crippen molar-refractivity contribution in [2.45, 2.75) is 31.7 Å². The Bertz CT molecular complexity index is 535. The summed E-state index contributed by atoms with van der Waals surface area (Å²) < 4.78 is 32.1. The number of ether oxygens (including phenoxy) is 1. The van der Waals surface area contributed by atoms with Gasteiger partial charge in [-0.1, -0.05) is 0 Å². The molecule has 2 heterocycles. The van der Waals surface area contributed by atoms with Crippen LogP contribution < -0.4 is 0 Å². The highest BCUT2D eigenvalue weighted by Gasteiger charge is 2.46. The van der Waals surface area contributed by atoms with Crippen molar-refractivity contribution in [3.63, 3.8) is 0 Å². The molecular weight excluding hydrogens is 276 g/mol. The van der Waals surface area contributed by atoms with Crippen molar-refractivity contribution in [3.8, 4) is 0 Å². The van der Waals surface area contributed by atoms with Crippen LogP contribution in [-0.2, 0) is 9.53 Å². The standard InChI is InChI=1S/C16H19F2NO2/c1-19-14(11-8-12(17)10-13(18)9-11)2-3-16(15(19)20)4-6-21-7-5-16/h8-10,14H,2-7H2,1H3/t14-/m0/s1. The van der Waals surface area contributed by atoms with Crippen molar-refractivity contribution in [1.29, 1.82) is 0 Å². The van der Waals surface area contributed by atoms with Gasteiger partial charge in [0, 0.05) is 26.3 Å². The Morgan fingerprint density at radius 1 is 1.14 bits per heavy atom. The highest BCUT2D eigenvalue weighted by atomic mass is 19.1. The molecular formula is C16H19F2NO2. The minimum Gasteiger partial charge on any atom is -0.381 e. The summed E-state index contributed by atoms with van der Waals surface area (Å²) in [7, 11) is 1.73. The second-order valence-electron chi connectivity index (χ2n) is 6.07. The number of hydrogen-bond donors (Lipinski definition) is 0. The largest absolute Gasteiger partial charge is 0.381 e. The van der Waals surface area contributed by atoms with E-state index in [-0.39, 0.29) is 17.4 Å². The van der Waals surface area contributed by atoms with E-state index in [4.69, 9.17) is 4.74 Å². The van der Waals surface area contributed by atoms with E-state index in [0.29, 0.717) is 18.8 Å². The molecule has 0 aromatic heterocycles. The van der Waals surface area contributed by atoms with Crippen molar-refractivity contribution in [2.24, 2.45) is 5.41 Å². The molecule has 0 saturated carbocycles. The van der Waals surface area contributed by atoms with Crippen molar-refractivity contribution in [1.82, 2.24) is 4.90 Å². The molecule has 0 N–H and O–H groups in total. The highest BCUT2D eigenvalue weighted by Crippen LogP contribution is 2.45. The molecule has 0 radical (unpaired) electrons. The molecule has 21 heavy (non-hydrogen) atoms. The van der Waals surface area contributed by atoms with Gasteiger partial charge in [0.15, 0.2) is 0 Å². The number of carbonyl (C=O) groups excluding carboxylic acids is 1. The maximum absolute atomic E-state index is 13.4. The van der Waals surface area contributed by atoms with Gasteiger partial charge in [-0.05, 0) is 43.4 Å². The summed E-state index contributed by atoms with van der Waals surface area (Å²) in [4.78, 5) is 14.4. The number of nitrogens with zero attached hydrogens (tertiary/aromatic N) is 1. The topological polar surface area (TPSA) is 29.5 Å². The third kappa shape index (κ3) is 2.55. The molecule has 2 saturated heterocycles.